The number of benzene rings is 1. The topological polar surface area (TPSA) is 58.9 Å². The molecule has 0 amide bonds. The van der Waals surface area contributed by atoms with Crippen LogP contribution in [0.25, 0.3) is 0 Å². The number of hydrogen-bond donors (Lipinski definition) is 0. The minimum absolute atomic E-state index is 0.442. The van der Waals surface area contributed by atoms with Crippen LogP contribution in [0.15, 0.2) is 16.1 Å². The number of carbonyl (C=O) groups excluding carboxylic acids is 2. The van der Waals surface area contributed by atoms with Gasteiger partial charge in [0.2, 0.25) is 12.2 Å². The number of nitrogens with zero attached hydrogens (tertiary/aromatic N) is 2. The van der Waals surface area contributed by atoms with Gasteiger partial charge < -0.3 is 0 Å². The fraction of sp³-hybridized carbons (Fsp3) is 0.600. The lowest BCUT2D eigenvalue weighted by atomic mass is 9.89. The minimum atomic E-state index is 0.442. The van der Waals surface area contributed by atoms with Gasteiger partial charge in [-0.2, -0.15) is 9.98 Å². The van der Waals surface area contributed by atoms with Crippen molar-refractivity contribution >= 4 is 23.5 Å². The lowest BCUT2D eigenvalue weighted by molar-refractivity contribution is 0.564. The van der Waals surface area contributed by atoms with Crippen molar-refractivity contribution < 1.29 is 9.59 Å². The maximum atomic E-state index is 11.0. The predicted molar refractivity (Wildman–Crippen MR) is 97.7 cm³/mol. The summed E-state index contributed by atoms with van der Waals surface area (Å²) in [5.41, 5.74) is 4.26. The van der Waals surface area contributed by atoms with E-state index in [9.17, 15) is 9.59 Å². The van der Waals surface area contributed by atoms with Crippen molar-refractivity contribution in [1.82, 2.24) is 0 Å². The summed E-state index contributed by atoms with van der Waals surface area (Å²) in [4.78, 5) is 29.9. The maximum absolute atomic E-state index is 11.0. The van der Waals surface area contributed by atoms with Crippen molar-refractivity contribution in [3.8, 4) is 0 Å². The highest BCUT2D eigenvalue weighted by Gasteiger charge is 2.19. The first-order valence-corrected chi connectivity index (χ1v) is 8.77. The molecule has 0 saturated carbocycles. The first-order valence-electron chi connectivity index (χ1n) is 8.77. The van der Waals surface area contributed by atoms with E-state index in [1.165, 1.54) is 0 Å². The monoisotopic (exact) mass is 328 g/mol. The Morgan fingerprint density at radius 1 is 0.917 bits per heavy atom. The van der Waals surface area contributed by atoms with Gasteiger partial charge in [0.25, 0.3) is 0 Å². The molecular formula is C20H28N2O2. The van der Waals surface area contributed by atoms with Gasteiger partial charge in [-0.3, -0.25) is 0 Å². The van der Waals surface area contributed by atoms with Crippen LogP contribution >= 0.6 is 0 Å². The normalized spacial score (nSPS) is 10.6. The molecule has 0 aromatic heterocycles. The average Bonchev–Trinajstić information content (AvgIpc) is 2.49. The first-order chi connectivity index (χ1) is 11.4. The van der Waals surface area contributed by atoms with Crippen LogP contribution in [0.3, 0.4) is 0 Å². The fourth-order valence-electron chi connectivity index (χ4n) is 3.00. The molecule has 0 radical (unpaired) electrons. The number of aliphatic imine (C=N–C) groups is 2. The Labute approximate surface area is 145 Å². The predicted octanol–water partition coefficient (Wildman–Crippen LogP) is 5.36. The zero-order chi connectivity index (χ0) is 18.1. The Hall–Kier alpha value is -2.02. The average molecular weight is 328 g/mol. The van der Waals surface area contributed by atoms with Gasteiger partial charge >= 0.3 is 0 Å². The van der Waals surface area contributed by atoms with Crippen molar-refractivity contribution in [2.45, 2.75) is 66.7 Å². The summed E-state index contributed by atoms with van der Waals surface area (Å²) in [6.07, 6.45) is 7.73. The summed E-state index contributed by atoms with van der Waals surface area (Å²) < 4.78 is 0. The summed E-state index contributed by atoms with van der Waals surface area (Å²) in [7, 11) is 0. The van der Waals surface area contributed by atoms with E-state index in [2.05, 4.69) is 50.7 Å². The van der Waals surface area contributed by atoms with Gasteiger partial charge in [0.1, 0.15) is 0 Å². The summed E-state index contributed by atoms with van der Waals surface area (Å²) in [5.74, 6) is 0.883. The van der Waals surface area contributed by atoms with Gasteiger partial charge in [0.05, 0.1) is 11.4 Å². The molecule has 130 valence electrons. The van der Waals surface area contributed by atoms with Crippen LogP contribution in [-0.4, -0.2) is 12.2 Å². The lowest BCUT2D eigenvalue weighted by Gasteiger charge is -2.19. The van der Waals surface area contributed by atoms with Crippen molar-refractivity contribution in [1.29, 1.82) is 0 Å². The van der Waals surface area contributed by atoms with E-state index >= 15 is 0 Å². The van der Waals surface area contributed by atoms with Crippen LogP contribution < -0.4 is 0 Å². The van der Waals surface area contributed by atoms with Gasteiger partial charge in [0.15, 0.2) is 0 Å². The Bertz CT molecular complexity index is 600. The van der Waals surface area contributed by atoms with Crippen LogP contribution in [0.4, 0.5) is 11.4 Å². The SMILES string of the molecule is CCCCc1c(N=C=O)c(CC(C)C)cc(CC(C)C)c1N=C=O. The molecule has 0 spiro atoms. The standard InChI is InChI=1S/C20H28N2O2/c1-6-7-8-18-19(21-12-23)16(9-14(2)3)11-17(10-15(4)5)20(18)22-13-24/h11,14-15H,6-10H2,1-5H3. The molecule has 0 unspecified atom stereocenters. The van der Waals surface area contributed by atoms with E-state index in [1.54, 1.807) is 12.2 Å². The van der Waals surface area contributed by atoms with Crippen LogP contribution in [0, 0.1) is 11.8 Å². The molecule has 4 nitrogen and oxygen atoms in total. The van der Waals surface area contributed by atoms with Gasteiger partial charge in [-0.05, 0) is 48.6 Å². The third-order valence-corrected chi connectivity index (χ3v) is 3.88. The molecule has 0 N–H and O–H groups in total. The molecule has 0 atom stereocenters. The molecule has 0 fully saturated rings. The van der Waals surface area contributed by atoms with Gasteiger partial charge in [-0.15, -0.1) is 0 Å². The fourth-order valence-corrected chi connectivity index (χ4v) is 3.00. The van der Waals surface area contributed by atoms with Crippen molar-refractivity contribution in [2.75, 3.05) is 0 Å². The molecule has 1 aromatic carbocycles. The maximum Gasteiger partial charge on any atom is 0.240 e. The minimum Gasteiger partial charge on any atom is -0.211 e. The molecule has 1 aromatic rings. The van der Waals surface area contributed by atoms with Gasteiger partial charge in [-0.25, -0.2) is 9.59 Å². The molecular weight excluding hydrogens is 300 g/mol. The third-order valence-electron chi connectivity index (χ3n) is 3.88. The Morgan fingerprint density at radius 2 is 1.38 bits per heavy atom. The summed E-state index contributed by atoms with van der Waals surface area (Å²) in [6, 6.07) is 2.06. The second kappa shape index (κ2) is 9.97. The van der Waals surface area contributed by atoms with E-state index in [4.69, 9.17) is 0 Å². The van der Waals surface area contributed by atoms with Crippen molar-refractivity contribution in [3.63, 3.8) is 0 Å². The highest BCUT2D eigenvalue weighted by atomic mass is 16.1. The van der Waals surface area contributed by atoms with Crippen LogP contribution in [0.1, 0.15) is 64.2 Å². The van der Waals surface area contributed by atoms with Gasteiger partial charge in [0, 0.05) is 5.56 Å². The number of unbranched alkanes of at least 4 members (excludes halogenated alkanes) is 1. The highest BCUT2D eigenvalue weighted by molar-refractivity contribution is 5.72. The first kappa shape index (κ1) is 20.0. The van der Waals surface area contributed by atoms with Crippen LogP contribution in [0.2, 0.25) is 0 Å². The molecule has 0 saturated heterocycles. The molecule has 0 aliphatic carbocycles. The molecule has 0 aliphatic heterocycles. The van der Waals surface area contributed by atoms with E-state index in [0.29, 0.717) is 23.2 Å². The summed E-state index contributed by atoms with van der Waals surface area (Å²) in [6.45, 7) is 10.7. The zero-order valence-corrected chi connectivity index (χ0v) is 15.5. The lowest BCUT2D eigenvalue weighted by Crippen LogP contribution is -2.03. The Balaban J connectivity index is 3.70. The van der Waals surface area contributed by atoms with E-state index < -0.39 is 0 Å². The third kappa shape index (κ3) is 5.56. The van der Waals surface area contributed by atoms with Crippen LogP contribution in [-0.2, 0) is 28.9 Å². The van der Waals surface area contributed by atoms with E-state index in [-0.39, 0.29) is 0 Å². The summed E-state index contributed by atoms with van der Waals surface area (Å²) >= 11 is 0. The second-order valence-corrected chi connectivity index (χ2v) is 7.08. The highest BCUT2D eigenvalue weighted by Crippen LogP contribution is 2.39. The number of hydrogen-bond acceptors (Lipinski definition) is 4. The quantitative estimate of drug-likeness (QED) is 0.452. The molecule has 24 heavy (non-hydrogen) atoms. The zero-order valence-electron chi connectivity index (χ0n) is 15.5. The number of isocyanates is 2. The van der Waals surface area contributed by atoms with Crippen LogP contribution in [0.5, 0.6) is 0 Å². The molecule has 0 heterocycles. The Kier molecular flexibility index (Phi) is 8.32. The van der Waals surface area contributed by atoms with E-state index in [0.717, 1.165) is 48.8 Å². The molecule has 0 bridgehead atoms. The summed E-state index contributed by atoms with van der Waals surface area (Å²) in [5, 5.41) is 0. The second-order valence-electron chi connectivity index (χ2n) is 7.08. The van der Waals surface area contributed by atoms with E-state index in [1.807, 2.05) is 0 Å². The van der Waals surface area contributed by atoms with Gasteiger partial charge in [-0.1, -0.05) is 47.1 Å². The van der Waals surface area contributed by atoms with Crippen molar-refractivity contribution in [2.24, 2.45) is 21.8 Å². The molecule has 4 heteroatoms. The number of rotatable bonds is 9. The largest absolute Gasteiger partial charge is 0.240 e. The van der Waals surface area contributed by atoms with Crippen molar-refractivity contribution in [3.05, 3.63) is 22.8 Å². The molecule has 0 aliphatic rings. The Morgan fingerprint density at radius 3 is 1.71 bits per heavy atom. The smallest absolute Gasteiger partial charge is 0.211 e. The molecule has 1 rings (SSSR count).